The second-order valence-electron chi connectivity index (χ2n) is 5.81. The van der Waals surface area contributed by atoms with Crippen molar-refractivity contribution in [2.24, 2.45) is 0 Å². The average Bonchev–Trinajstić information content (AvgIpc) is 2.81. The SMILES string of the molecule is CNC(=O)/C(C#N)=C(\S)Nc1ccccc1.CNC(=O)/C(C#N)=C(\S)Nc1ccccc1. The molecule has 2 aromatic carbocycles. The van der Waals surface area contributed by atoms with Crippen LogP contribution < -0.4 is 21.3 Å². The van der Waals surface area contributed by atoms with E-state index in [4.69, 9.17) is 10.5 Å². The first kappa shape index (κ1) is 26.2. The number of nitrogens with one attached hydrogen (secondary N) is 4. The van der Waals surface area contributed by atoms with Crippen LogP contribution in [-0.2, 0) is 9.59 Å². The highest BCUT2D eigenvalue weighted by Gasteiger charge is 2.12. The van der Waals surface area contributed by atoms with Gasteiger partial charge in [-0.25, -0.2) is 0 Å². The maximum absolute atomic E-state index is 11.3. The minimum absolute atomic E-state index is 0.0466. The third-order valence-corrected chi connectivity index (χ3v) is 4.35. The number of hydrogen-bond acceptors (Lipinski definition) is 8. The Kier molecular flexibility index (Phi) is 11.6. The summed E-state index contributed by atoms with van der Waals surface area (Å²) in [4.78, 5) is 22.6. The molecule has 2 rings (SSSR count). The lowest BCUT2D eigenvalue weighted by atomic mass is 10.3. The van der Waals surface area contributed by atoms with Gasteiger partial charge in [-0.3, -0.25) is 9.59 Å². The quantitative estimate of drug-likeness (QED) is 0.221. The van der Waals surface area contributed by atoms with Crippen LogP contribution in [0.5, 0.6) is 0 Å². The largest absolute Gasteiger partial charge is 0.354 e. The van der Waals surface area contributed by atoms with Crippen LogP contribution in [0.15, 0.2) is 81.9 Å². The van der Waals surface area contributed by atoms with E-state index in [0.717, 1.165) is 11.4 Å². The highest BCUT2D eigenvalue weighted by atomic mass is 32.1. The molecule has 0 radical (unpaired) electrons. The molecule has 2 amide bonds. The Morgan fingerprint density at radius 3 is 1.25 bits per heavy atom. The molecule has 4 N–H and O–H groups in total. The Hall–Kier alpha value is -3.86. The van der Waals surface area contributed by atoms with Crippen molar-refractivity contribution in [2.75, 3.05) is 24.7 Å². The highest BCUT2D eigenvalue weighted by molar-refractivity contribution is 7.84. The fourth-order valence-electron chi connectivity index (χ4n) is 2.11. The number of carbonyl (C=O) groups excluding carboxylic acids is 2. The van der Waals surface area contributed by atoms with Gasteiger partial charge in [0.2, 0.25) is 0 Å². The number of nitrogens with zero attached hydrogens (tertiary/aromatic N) is 2. The van der Waals surface area contributed by atoms with E-state index in [-0.39, 0.29) is 21.2 Å². The van der Waals surface area contributed by atoms with Crippen LogP contribution in [0.25, 0.3) is 0 Å². The van der Waals surface area contributed by atoms with Crippen LogP contribution in [0, 0.1) is 22.7 Å². The molecule has 0 bridgehead atoms. The van der Waals surface area contributed by atoms with Crippen molar-refractivity contribution in [1.29, 1.82) is 10.5 Å². The predicted molar refractivity (Wildman–Crippen MR) is 132 cm³/mol. The van der Waals surface area contributed by atoms with Crippen LogP contribution in [0.3, 0.4) is 0 Å². The Morgan fingerprint density at radius 1 is 0.688 bits per heavy atom. The zero-order valence-electron chi connectivity index (χ0n) is 17.4. The monoisotopic (exact) mass is 466 g/mol. The summed E-state index contributed by atoms with van der Waals surface area (Å²) >= 11 is 8.19. The van der Waals surface area contributed by atoms with Crippen LogP contribution in [0.1, 0.15) is 0 Å². The topological polar surface area (TPSA) is 130 Å². The number of benzene rings is 2. The fraction of sp³-hybridized carbons (Fsp3) is 0.0909. The third-order valence-electron chi connectivity index (χ3n) is 3.68. The standard InChI is InChI=1S/2C11H11N3OS/c2*1-13-10(15)9(7-12)11(16)14-8-5-3-2-4-6-8/h2*2-6,14,16H,1H3,(H,13,15)/b2*11-9-. The van der Waals surface area contributed by atoms with Gasteiger partial charge in [0.1, 0.15) is 23.3 Å². The lowest BCUT2D eigenvalue weighted by Crippen LogP contribution is -2.21. The van der Waals surface area contributed by atoms with E-state index in [9.17, 15) is 9.59 Å². The maximum Gasteiger partial charge on any atom is 0.264 e. The van der Waals surface area contributed by atoms with E-state index >= 15 is 0 Å². The van der Waals surface area contributed by atoms with Crippen molar-refractivity contribution in [3.63, 3.8) is 0 Å². The van der Waals surface area contributed by atoms with E-state index in [1.54, 1.807) is 12.1 Å². The predicted octanol–water partition coefficient (Wildman–Crippen LogP) is 3.02. The molecule has 0 unspecified atom stereocenters. The molecule has 0 fully saturated rings. The van der Waals surface area contributed by atoms with Crippen LogP contribution in [0.2, 0.25) is 0 Å². The molecule has 0 aliphatic rings. The first-order valence-electron chi connectivity index (χ1n) is 9.12. The first-order chi connectivity index (χ1) is 15.4. The minimum atomic E-state index is -0.462. The Morgan fingerprint density at radius 2 is 1.00 bits per heavy atom. The minimum Gasteiger partial charge on any atom is -0.354 e. The van der Waals surface area contributed by atoms with Gasteiger partial charge >= 0.3 is 0 Å². The summed E-state index contributed by atoms with van der Waals surface area (Å²) in [5.41, 5.74) is 1.44. The Labute approximate surface area is 197 Å². The fourth-order valence-corrected chi connectivity index (χ4v) is 2.68. The summed E-state index contributed by atoms with van der Waals surface area (Å²) in [5.74, 6) is -0.924. The van der Waals surface area contributed by atoms with Gasteiger partial charge in [-0.2, -0.15) is 10.5 Å². The lowest BCUT2D eigenvalue weighted by molar-refractivity contribution is -0.117. The summed E-state index contributed by atoms with van der Waals surface area (Å²) in [7, 11) is 2.92. The summed E-state index contributed by atoms with van der Waals surface area (Å²) in [6.07, 6.45) is 0. The maximum atomic E-state index is 11.3. The molecule has 0 saturated carbocycles. The Balaban J connectivity index is 0.000000320. The van der Waals surface area contributed by atoms with Gasteiger partial charge < -0.3 is 21.3 Å². The van der Waals surface area contributed by atoms with E-state index in [2.05, 4.69) is 46.5 Å². The zero-order valence-corrected chi connectivity index (χ0v) is 19.2. The summed E-state index contributed by atoms with van der Waals surface area (Å²) < 4.78 is 0. The van der Waals surface area contributed by atoms with Gasteiger partial charge in [0.05, 0.1) is 10.1 Å². The van der Waals surface area contributed by atoms with Crippen LogP contribution >= 0.6 is 25.3 Å². The molecule has 0 aromatic heterocycles. The van der Waals surface area contributed by atoms with Gasteiger partial charge in [-0.1, -0.05) is 36.4 Å². The molecule has 0 atom stereocenters. The number of rotatable bonds is 6. The van der Waals surface area contributed by atoms with E-state index in [1.165, 1.54) is 14.1 Å². The van der Waals surface area contributed by atoms with E-state index in [0.29, 0.717) is 0 Å². The van der Waals surface area contributed by atoms with Crippen molar-refractivity contribution in [3.05, 3.63) is 81.9 Å². The number of hydrogen-bond donors (Lipinski definition) is 6. The van der Waals surface area contributed by atoms with Gasteiger partial charge in [-0.05, 0) is 24.3 Å². The number of likely N-dealkylation sites (N-methyl/N-ethyl adjacent to an activating group) is 2. The molecular formula is C22H22N6O2S2. The van der Waals surface area contributed by atoms with Crippen molar-refractivity contribution >= 4 is 48.4 Å². The third kappa shape index (κ3) is 8.48. The van der Waals surface area contributed by atoms with Crippen molar-refractivity contribution in [3.8, 4) is 12.1 Å². The molecule has 0 heterocycles. The number of nitriles is 2. The molecule has 0 saturated heterocycles. The van der Waals surface area contributed by atoms with Crippen molar-refractivity contribution < 1.29 is 9.59 Å². The molecule has 164 valence electrons. The molecule has 8 nitrogen and oxygen atoms in total. The Bertz CT molecular complexity index is 984. The zero-order chi connectivity index (χ0) is 23.9. The first-order valence-corrected chi connectivity index (χ1v) is 10.0. The number of amides is 2. The van der Waals surface area contributed by atoms with Crippen LogP contribution in [-0.4, -0.2) is 25.9 Å². The second-order valence-corrected chi connectivity index (χ2v) is 6.71. The van der Waals surface area contributed by atoms with Crippen molar-refractivity contribution in [2.45, 2.75) is 0 Å². The number of thiol groups is 2. The van der Waals surface area contributed by atoms with Crippen molar-refractivity contribution in [1.82, 2.24) is 10.6 Å². The van der Waals surface area contributed by atoms with E-state index in [1.807, 2.05) is 60.7 Å². The van der Waals surface area contributed by atoms with Gasteiger partial charge in [0, 0.05) is 25.5 Å². The smallest absolute Gasteiger partial charge is 0.264 e. The lowest BCUT2D eigenvalue weighted by Gasteiger charge is -2.07. The second kappa shape index (κ2) is 14.2. The molecule has 10 heteroatoms. The van der Waals surface area contributed by atoms with Gasteiger partial charge in [-0.15, -0.1) is 25.3 Å². The number of anilines is 2. The molecule has 32 heavy (non-hydrogen) atoms. The normalized spacial score (nSPS) is 11.1. The molecule has 0 spiro atoms. The molecular weight excluding hydrogens is 444 g/mol. The van der Waals surface area contributed by atoms with Gasteiger partial charge in [0.25, 0.3) is 11.8 Å². The highest BCUT2D eigenvalue weighted by Crippen LogP contribution is 2.15. The van der Waals surface area contributed by atoms with Gasteiger partial charge in [0.15, 0.2) is 0 Å². The summed E-state index contributed by atoms with van der Waals surface area (Å²) in [6, 6.07) is 22.0. The summed E-state index contributed by atoms with van der Waals surface area (Å²) in [6.45, 7) is 0. The number of carbonyl (C=O) groups is 2. The summed E-state index contributed by atoms with van der Waals surface area (Å²) in [5, 5.41) is 28.6. The molecule has 2 aromatic rings. The van der Waals surface area contributed by atoms with E-state index < -0.39 is 11.8 Å². The molecule has 0 aliphatic carbocycles. The number of para-hydroxylation sites is 2. The average molecular weight is 467 g/mol. The molecule has 0 aliphatic heterocycles. The van der Waals surface area contributed by atoms with Crippen LogP contribution in [0.4, 0.5) is 11.4 Å².